The highest BCUT2D eigenvalue weighted by Gasteiger charge is 2.16. The predicted molar refractivity (Wildman–Crippen MR) is 58.8 cm³/mol. The van der Waals surface area contributed by atoms with Crippen molar-refractivity contribution >= 4 is 15.4 Å². The molecule has 1 unspecified atom stereocenters. The van der Waals surface area contributed by atoms with Gasteiger partial charge in [0.25, 0.3) is 0 Å². The number of benzene rings is 1. The average Bonchev–Trinajstić information content (AvgIpc) is 2.26. The van der Waals surface area contributed by atoms with Crippen LogP contribution in [0.3, 0.4) is 0 Å². The molecule has 0 saturated heterocycles. The number of rotatable bonds is 3. The molecule has 1 N–H and O–H groups in total. The summed E-state index contributed by atoms with van der Waals surface area (Å²) < 4.78 is 9.64. The van der Waals surface area contributed by atoms with Gasteiger partial charge < -0.3 is 14.4 Å². The van der Waals surface area contributed by atoms with Crippen LogP contribution in [-0.2, 0) is 11.1 Å². The second kappa shape index (κ2) is 5.10. The minimum atomic E-state index is -0.473. The van der Waals surface area contributed by atoms with Gasteiger partial charge >= 0.3 is 5.97 Å². The number of carbonyl (C=O) groups is 1. The van der Waals surface area contributed by atoms with Gasteiger partial charge in [-0.25, -0.2) is 4.79 Å². The molecular weight excluding hydrogens is 215 g/mol. The van der Waals surface area contributed by atoms with E-state index in [0.29, 0.717) is 22.4 Å². The van der Waals surface area contributed by atoms with Crippen LogP contribution in [0.25, 0.3) is 0 Å². The van der Waals surface area contributed by atoms with E-state index in [1.165, 1.54) is 7.11 Å². The fraction of sp³-hybridized carbons (Fsp3) is 0.300. The summed E-state index contributed by atoms with van der Waals surface area (Å²) in [5.41, 5.74) is 1.79. The SMILES string of the molecule is COc1cc(CO)cc(C)c1C(=O)OP. The fourth-order valence-corrected chi connectivity index (χ4v) is 1.52. The monoisotopic (exact) mass is 228 g/mol. The van der Waals surface area contributed by atoms with E-state index < -0.39 is 5.97 Å². The summed E-state index contributed by atoms with van der Waals surface area (Å²) in [7, 11) is 3.37. The number of hydrogen-bond donors (Lipinski definition) is 1. The number of aliphatic hydroxyl groups is 1. The summed E-state index contributed by atoms with van der Waals surface area (Å²) >= 11 is 0. The lowest BCUT2D eigenvalue weighted by Gasteiger charge is -2.11. The largest absolute Gasteiger partial charge is 0.496 e. The number of methoxy groups -OCH3 is 1. The highest BCUT2D eigenvalue weighted by atomic mass is 31.0. The van der Waals surface area contributed by atoms with Crippen LogP contribution in [0, 0.1) is 6.92 Å². The standard InChI is InChI=1S/C10H13O4P/c1-6-3-7(5-11)4-8(13-2)9(6)10(12)14-15/h3-4,11H,5,15H2,1-2H3. The van der Waals surface area contributed by atoms with Crippen LogP contribution >= 0.6 is 9.47 Å². The first kappa shape index (κ1) is 12.0. The van der Waals surface area contributed by atoms with E-state index in [2.05, 4.69) is 4.52 Å². The number of hydrogen-bond acceptors (Lipinski definition) is 4. The van der Waals surface area contributed by atoms with Crippen LogP contribution in [0.1, 0.15) is 21.5 Å². The van der Waals surface area contributed by atoms with Gasteiger partial charge in [0, 0.05) is 0 Å². The summed E-state index contributed by atoms with van der Waals surface area (Å²) in [6.45, 7) is 1.67. The molecule has 1 atom stereocenters. The maximum absolute atomic E-state index is 11.4. The molecule has 82 valence electrons. The van der Waals surface area contributed by atoms with Gasteiger partial charge in [-0.15, -0.1) is 0 Å². The molecule has 0 heterocycles. The van der Waals surface area contributed by atoms with E-state index in [-0.39, 0.29) is 6.61 Å². The molecule has 0 aromatic heterocycles. The Labute approximate surface area is 90.5 Å². The van der Waals surface area contributed by atoms with Crippen LogP contribution in [0.15, 0.2) is 12.1 Å². The smallest absolute Gasteiger partial charge is 0.344 e. The maximum Gasteiger partial charge on any atom is 0.344 e. The first-order chi connectivity index (χ1) is 7.13. The lowest BCUT2D eigenvalue weighted by Crippen LogP contribution is -2.05. The van der Waals surface area contributed by atoms with Crippen LogP contribution in [-0.4, -0.2) is 18.2 Å². The van der Waals surface area contributed by atoms with Crippen LogP contribution in [0.5, 0.6) is 5.75 Å². The van der Waals surface area contributed by atoms with Gasteiger partial charge in [-0.3, -0.25) is 0 Å². The van der Waals surface area contributed by atoms with Gasteiger partial charge in [-0.2, -0.15) is 0 Å². The second-order valence-corrected chi connectivity index (χ2v) is 3.29. The molecule has 0 radical (unpaired) electrons. The van der Waals surface area contributed by atoms with Gasteiger partial charge in [-0.1, -0.05) is 6.07 Å². The minimum absolute atomic E-state index is 0.0899. The number of carbonyl (C=O) groups excluding carboxylic acids is 1. The molecule has 0 aliphatic carbocycles. The van der Waals surface area contributed by atoms with Crippen molar-refractivity contribution in [3.05, 3.63) is 28.8 Å². The Kier molecular flexibility index (Phi) is 4.06. The zero-order chi connectivity index (χ0) is 11.4. The Bertz CT molecular complexity index is 376. The Morgan fingerprint density at radius 1 is 1.53 bits per heavy atom. The molecule has 1 aromatic carbocycles. The first-order valence-corrected chi connectivity index (χ1v) is 4.80. The molecule has 5 heteroatoms. The van der Waals surface area contributed by atoms with Crippen molar-refractivity contribution in [3.8, 4) is 5.75 Å². The van der Waals surface area contributed by atoms with Crippen LogP contribution < -0.4 is 4.74 Å². The van der Waals surface area contributed by atoms with Crippen molar-refractivity contribution in [1.82, 2.24) is 0 Å². The topological polar surface area (TPSA) is 55.8 Å². The zero-order valence-electron chi connectivity index (χ0n) is 8.61. The Hall–Kier alpha value is -1.12. The minimum Gasteiger partial charge on any atom is -0.496 e. The highest BCUT2D eigenvalue weighted by Crippen LogP contribution is 2.25. The van der Waals surface area contributed by atoms with Crippen molar-refractivity contribution in [2.75, 3.05) is 7.11 Å². The van der Waals surface area contributed by atoms with Gasteiger partial charge in [0.05, 0.1) is 23.2 Å². The lowest BCUT2D eigenvalue weighted by molar-refractivity contribution is 0.0761. The van der Waals surface area contributed by atoms with Crippen molar-refractivity contribution in [2.24, 2.45) is 0 Å². The average molecular weight is 228 g/mol. The fourth-order valence-electron chi connectivity index (χ4n) is 1.40. The second-order valence-electron chi connectivity index (χ2n) is 3.05. The zero-order valence-corrected chi connectivity index (χ0v) is 9.77. The van der Waals surface area contributed by atoms with E-state index in [4.69, 9.17) is 9.84 Å². The molecule has 4 nitrogen and oxygen atoms in total. The molecule has 0 aliphatic rings. The van der Waals surface area contributed by atoms with Crippen molar-refractivity contribution in [2.45, 2.75) is 13.5 Å². The predicted octanol–water partition coefficient (Wildman–Crippen LogP) is 1.44. The maximum atomic E-state index is 11.4. The van der Waals surface area contributed by atoms with E-state index >= 15 is 0 Å². The Morgan fingerprint density at radius 2 is 2.20 bits per heavy atom. The summed E-state index contributed by atoms with van der Waals surface area (Å²) in [5, 5.41) is 8.99. The van der Waals surface area contributed by atoms with Crippen LogP contribution in [0.4, 0.5) is 0 Å². The van der Waals surface area contributed by atoms with E-state index in [0.717, 1.165) is 0 Å². The first-order valence-electron chi connectivity index (χ1n) is 4.33. The van der Waals surface area contributed by atoms with E-state index in [1.807, 2.05) is 9.47 Å². The number of ether oxygens (including phenoxy) is 1. The third-order valence-corrected chi connectivity index (χ3v) is 2.29. The van der Waals surface area contributed by atoms with Crippen molar-refractivity contribution in [3.63, 3.8) is 0 Å². The molecule has 0 amide bonds. The molecule has 0 aliphatic heterocycles. The summed E-state index contributed by atoms with van der Waals surface area (Å²) in [6.07, 6.45) is 0. The quantitative estimate of drug-likeness (QED) is 0.795. The van der Waals surface area contributed by atoms with Crippen molar-refractivity contribution < 1.29 is 19.2 Å². The van der Waals surface area contributed by atoms with Gasteiger partial charge in [0.1, 0.15) is 11.3 Å². The lowest BCUT2D eigenvalue weighted by atomic mass is 10.0. The van der Waals surface area contributed by atoms with Crippen molar-refractivity contribution in [1.29, 1.82) is 0 Å². The van der Waals surface area contributed by atoms with Crippen LogP contribution in [0.2, 0.25) is 0 Å². The highest BCUT2D eigenvalue weighted by molar-refractivity contribution is 7.10. The normalized spacial score (nSPS) is 9.87. The molecule has 15 heavy (non-hydrogen) atoms. The van der Waals surface area contributed by atoms with E-state index in [9.17, 15) is 4.79 Å². The molecule has 1 rings (SSSR count). The summed E-state index contributed by atoms with van der Waals surface area (Å²) in [4.78, 5) is 11.4. The molecule has 0 spiro atoms. The Balaban J connectivity index is 3.30. The molecular formula is C10H13O4P. The summed E-state index contributed by atoms with van der Waals surface area (Å²) in [5.74, 6) is -0.0645. The number of aryl methyl sites for hydroxylation is 1. The molecule has 1 aromatic rings. The Morgan fingerprint density at radius 3 is 2.67 bits per heavy atom. The number of aliphatic hydroxyl groups excluding tert-OH is 1. The van der Waals surface area contributed by atoms with Gasteiger partial charge in [0.15, 0.2) is 0 Å². The third kappa shape index (κ3) is 2.46. The van der Waals surface area contributed by atoms with Gasteiger partial charge in [0.2, 0.25) is 0 Å². The third-order valence-electron chi connectivity index (χ3n) is 2.07. The molecule has 0 bridgehead atoms. The molecule has 0 fully saturated rings. The summed E-state index contributed by atoms with van der Waals surface area (Å²) in [6, 6.07) is 3.34. The van der Waals surface area contributed by atoms with E-state index in [1.54, 1.807) is 19.1 Å². The molecule has 0 saturated carbocycles. The van der Waals surface area contributed by atoms with Gasteiger partial charge in [-0.05, 0) is 24.1 Å².